The highest BCUT2D eigenvalue weighted by atomic mass is 19.1. The highest BCUT2D eigenvalue weighted by Crippen LogP contribution is 2.47. The van der Waals surface area contributed by atoms with Crippen LogP contribution in [0.5, 0.6) is 0 Å². The van der Waals surface area contributed by atoms with Crippen LogP contribution < -0.4 is 4.90 Å². The zero-order valence-electron chi connectivity index (χ0n) is 18.2. The van der Waals surface area contributed by atoms with Gasteiger partial charge < -0.3 is 14.4 Å². The van der Waals surface area contributed by atoms with Crippen LogP contribution >= 0.6 is 0 Å². The molecule has 32 heavy (non-hydrogen) atoms. The van der Waals surface area contributed by atoms with Gasteiger partial charge in [-0.3, -0.25) is 0 Å². The lowest BCUT2D eigenvalue weighted by Gasteiger charge is -2.39. The van der Waals surface area contributed by atoms with Crippen molar-refractivity contribution in [1.82, 2.24) is 0 Å². The summed E-state index contributed by atoms with van der Waals surface area (Å²) in [5, 5.41) is 2.09. The van der Waals surface area contributed by atoms with E-state index in [1.165, 1.54) is 12.1 Å². The van der Waals surface area contributed by atoms with Crippen molar-refractivity contribution in [3.05, 3.63) is 78.1 Å². The van der Waals surface area contributed by atoms with Gasteiger partial charge in [0.15, 0.2) is 0 Å². The van der Waals surface area contributed by atoms with Gasteiger partial charge in [-0.2, -0.15) is 0 Å². The Kier molecular flexibility index (Phi) is 6.12. The van der Waals surface area contributed by atoms with Crippen molar-refractivity contribution in [3.8, 4) is 0 Å². The third-order valence-electron chi connectivity index (χ3n) is 6.06. The smallest absolute Gasteiger partial charge is 0.344 e. The lowest BCUT2D eigenvalue weighted by molar-refractivity contribution is -0.164. The molecular weight excluding hydrogens is 409 g/mol. The average molecular weight is 435 g/mol. The van der Waals surface area contributed by atoms with Crippen LogP contribution in [0, 0.1) is 5.82 Å². The molecule has 1 fully saturated rings. The molecule has 1 aliphatic heterocycles. The van der Waals surface area contributed by atoms with E-state index in [0.717, 1.165) is 16.3 Å². The van der Waals surface area contributed by atoms with Crippen molar-refractivity contribution < 1.29 is 23.5 Å². The minimum atomic E-state index is -1.70. The summed E-state index contributed by atoms with van der Waals surface area (Å²) >= 11 is 0. The van der Waals surface area contributed by atoms with E-state index in [1.54, 1.807) is 30.9 Å². The Morgan fingerprint density at radius 1 is 0.938 bits per heavy atom. The van der Waals surface area contributed by atoms with Crippen molar-refractivity contribution in [3.63, 3.8) is 0 Å². The van der Waals surface area contributed by atoms with Crippen LogP contribution in [0.15, 0.2) is 66.7 Å². The highest BCUT2D eigenvalue weighted by Gasteiger charge is 2.63. The second-order valence-electron chi connectivity index (χ2n) is 7.78. The summed E-state index contributed by atoms with van der Waals surface area (Å²) in [6, 6.07) is 19.7. The molecule has 1 aliphatic rings. The molecule has 3 aromatic rings. The lowest BCUT2D eigenvalue weighted by Crippen LogP contribution is -2.61. The first-order valence-corrected chi connectivity index (χ1v) is 10.9. The van der Waals surface area contributed by atoms with E-state index in [1.807, 2.05) is 42.5 Å². The van der Waals surface area contributed by atoms with Gasteiger partial charge in [-0.25, -0.2) is 14.0 Å². The van der Waals surface area contributed by atoms with Crippen LogP contribution in [-0.4, -0.2) is 37.2 Å². The zero-order valence-corrected chi connectivity index (χ0v) is 18.2. The third-order valence-corrected chi connectivity index (χ3v) is 6.06. The number of anilines is 1. The summed E-state index contributed by atoms with van der Waals surface area (Å²) in [5.74, 6) is -2.19. The van der Waals surface area contributed by atoms with Gasteiger partial charge in [-0.05, 0) is 60.9 Å². The zero-order chi connectivity index (χ0) is 22.7. The maximum atomic E-state index is 13.6. The second kappa shape index (κ2) is 8.99. The van der Waals surface area contributed by atoms with Gasteiger partial charge in [0.2, 0.25) is 5.54 Å². The van der Waals surface area contributed by atoms with Crippen LogP contribution in [0.25, 0.3) is 10.8 Å². The Morgan fingerprint density at radius 2 is 1.56 bits per heavy atom. The van der Waals surface area contributed by atoms with E-state index < -0.39 is 29.2 Å². The van der Waals surface area contributed by atoms with Crippen molar-refractivity contribution >= 4 is 28.4 Å². The molecular formula is C26H26FNO4. The summed E-state index contributed by atoms with van der Waals surface area (Å²) in [4.78, 5) is 28.8. The van der Waals surface area contributed by atoms with Crippen LogP contribution in [0.3, 0.4) is 0 Å². The average Bonchev–Trinajstić information content (AvgIpc) is 3.21. The summed E-state index contributed by atoms with van der Waals surface area (Å²) in [7, 11) is 0. The van der Waals surface area contributed by atoms with E-state index in [0.29, 0.717) is 18.7 Å². The summed E-state index contributed by atoms with van der Waals surface area (Å²) in [5.41, 5.74) is -0.281. The Hall–Kier alpha value is -3.41. The molecule has 1 saturated heterocycles. The first-order valence-electron chi connectivity index (χ1n) is 10.9. The number of esters is 2. The minimum Gasteiger partial charge on any atom is -0.464 e. The monoisotopic (exact) mass is 435 g/mol. The largest absolute Gasteiger partial charge is 0.464 e. The van der Waals surface area contributed by atoms with Gasteiger partial charge in [-0.15, -0.1) is 0 Å². The molecule has 4 rings (SSSR count). The fourth-order valence-corrected chi connectivity index (χ4v) is 4.69. The number of ether oxygens (including phenoxy) is 2. The van der Waals surface area contributed by atoms with Crippen LogP contribution in [0.1, 0.15) is 31.7 Å². The lowest BCUT2D eigenvalue weighted by atomic mass is 9.78. The minimum absolute atomic E-state index is 0.127. The summed E-state index contributed by atoms with van der Waals surface area (Å²) < 4.78 is 24.5. The standard InChI is InChI=1S/C26H26FNO4/c1-3-31-24(29)26(25(30)32-4-2)23(15-16-28(26)22-13-11-21(27)12-14-22)20-10-9-18-7-5-6-8-19(18)17-20/h5-14,17,23H,3-4,15-16H2,1-2H3. The van der Waals surface area contributed by atoms with Gasteiger partial charge in [-0.1, -0.05) is 42.5 Å². The Bertz CT molecular complexity index is 1110. The molecule has 0 bridgehead atoms. The number of halogens is 1. The number of carbonyl (C=O) groups is 2. The number of benzene rings is 3. The van der Waals surface area contributed by atoms with Crippen LogP contribution in [0.2, 0.25) is 0 Å². The van der Waals surface area contributed by atoms with Crippen LogP contribution in [0.4, 0.5) is 10.1 Å². The van der Waals surface area contributed by atoms with E-state index in [4.69, 9.17) is 9.47 Å². The molecule has 6 heteroatoms. The molecule has 1 unspecified atom stereocenters. The molecule has 0 radical (unpaired) electrons. The Morgan fingerprint density at radius 3 is 2.19 bits per heavy atom. The number of carbonyl (C=O) groups excluding carboxylic acids is 2. The third kappa shape index (κ3) is 3.60. The fraction of sp³-hybridized carbons (Fsp3) is 0.308. The topological polar surface area (TPSA) is 55.8 Å². The van der Waals surface area contributed by atoms with E-state index in [-0.39, 0.29) is 13.2 Å². The van der Waals surface area contributed by atoms with Crippen molar-refractivity contribution in [2.45, 2.75) is 31.7 Å². The predicted octanol–water partition coefficient (Wildman–Crippen LogP) is 4.84. The predicted molar refractivity (Wildman–Crippen MR) is 121 cm³/mol. The van der Waals surface area contributed by atoms with E-state index >= 15 is 0 Å². The van der Waals surface area contributed by atoms with Crippen molar-refractivity contribution in [2.24, 2.45) is 0 Å². The first-order chi connectivity index (χ1) is 15.5. The highest BCUT2D eigenvalue weighted by molar-refractivity contribution is 6.10. The molecule has 3 aromatic carbocycles. The molecule has 0 aliphatic carbocycles. The summed E-state index contributed by atoms with van der Waals surface area (Å²) in [6.07, 6.45) is 0.535. The van der Waals surface area contributed by atoms with Gasteiger partial charge in [0, 0.05) is 18.2 Å². The molecule has 1 atom stereocenters. The fourth-order valence-electron chi connectivity index (χ4n) is 4.69. The number of hydrogen-bond acceptors (Lipinski definition) is 5. The quantitative estimate of drug-likeness (QED) is 0.410. The Balaban J connectivity index is 1.91. The molecule has 0 aromatic heterocycles. The van der Waals surface area contributed by atoms with Gasteiger partial charge in [0.1, 0.15) is 5.82 Å². The Labute approximate surface area is 186 Å². The second-order valence-corrected chi connectivity index (χ2v) is 7.78. The van der Waals surface area contributed by atoms with Crippen molar-refractivity contribution in [1.29, 1.82) is 0 Å². The number of nitrogens with zero attached hydrogens (tertiary/aromatic N) is 1. The maximum Gasteiger partial charge on any atom is 0.344 e. The molecule has 166 valence electrons. The van der Waals surface area contributed by atoms with Gasteiger partial charge in [0.05, 0.1) is 13.2 Å². The molecule has 5 nitrogen and oxygen atoms in total. The number of rotatable bonds is 6. The van der Waals surface area contributed by atoms with Crippen molar-refractivity contribution in [2.75, 3.05) is 24.7 Å². The SMILES string of the molecule is CCOC(=O)C1(C(=O)OCC)C(c2ccc3ccccc3c2)CCN1c1ccc(F)cc1. The van der Waals surface area contributed by atoms with E-state index in [2.05, 4.69) is 0 Å². The normalized spacial score (nSPS) is 17.3. The maximum absolute atomic E-state index is 13.6. The van der Waals surface area contributed by atoms with Gasteiger partial charge in [0.25, 0.3) is 0 Å². The molecule has 0 amide bonds. The van der Waals surface area contributed by atoms with Crippen LogP contribution in [-0.2, 0) is 19.1 Å². The first kappa shape index (κ1) is 21.8. The molecule has 0 saturated carbocycles. The molecule has 0 N–H and O–H groups in total. The van der Waals surface area contributed by atoms with Gasteiger partial charge >= 0.3 is 11.9 Å². The molecule has 1 heterocycles. The molecule has 0 spiro atoms. The summed E-state index contributed by atoms with van der Waals surface area (Å²) in [6.45, 7) is 4.09. The van der Waals surface area contributed by atoms with E-state index in [9.17, 15) is 14.0 Å². The number of hydrogen-bond donors (Lipinski definition) is 0. The number of fused-ring (bicyclic) bond motifs is 1.